The zero-order valence-corrected chi connectivity index (χ0v) is 11.7. The van der Waals surface area contributed by atoms with Crippen molar-refractivity contribution in [3.63, 3.8) is 0 Å². The summed E-state index contributed by atoms with van der Waals surface area (Å²) in [4.78, 5) is 8.62. The monoisotopic (exact) mass is 276 g/mol. The molecule has 0 atom stereocenters. The maximum atomic E-state index is 5.85. The van der Waals surface area contributed by atoms with Crippen LogP contribution < -0.4 is 11.5 Å². The fourth-order valence-electron chi connectivity index (χ4n) is 2.14. The number of rotatable bonds is 2. The average Bonchev–Trinajstić information content (AvgIpc) is 2.48. The first-order valence-electron chi connectivity index (χ1n) is 6.69. The van der Waals surface area contributed by atoms with E-state index in [1.807, 2.05) is 42.5 Å². The quantitative estimate of drug-likeness (QED) is 0.704. The van der Waals surface area contributed by atoms with Gasteiger partial charge >= 0.3 is 0 Å². The molecule has 21 heavy (non-hydrogen) atoms. The summed E-state index contributed by atoms with van der Waals surface area (Å²) in [7, 11) is 0. The third-order valence-electron chi connectivity index (χ3n) is 3.30. The topological polar surface area (TPSA) is 77.8 Å². The fourth-order valence-corrected chi connectivity index (χ4v) is 2.14. The van der Waals surface area contributed by atoms with Crippen LogP contribution >= 0.6 is 0 Å². The van der Waals surface area contributed by atoms with Gasteiger partial charge in [-0.25, -0.2) is 9.97 Å². The van der Waals surface area contributed by atoms with E-state index in [0.717, 1.165) is 28.2 Å². The summed E-state index contributed by atoms with van der Waals surface area (Å²) in [5.74, 6) is 0.264. The zero-order chi connectivity index (χ0) is 14.8. The summed E-state index contributed by atoms with van der Waals surface area (Å²) in [5, 5.41) is 0. The molecule has 0 spiro atoms. The molecule has 0 aliphatic rings. The normalized spacial score (nSPS) is 10.5. The number of nitrogens with zero attached hydrogens (tertiary/aromatic N) is 2. The van der Waals surface area contributed by atoms with E-state index in [1.165, 1.54) is 5.56 Å². The van der Waals surface area contributed by atoms with Gasteiger partial charge in [0.1, 0.15) is 0 Å². The molecule has 0 aliphatic carbocycles. The number of hydrogen-bond acceptors (Lipinski definition) is 4. The van der Waals surface area contributed by atoms with Crippen LogP contribution in [0.4, 0.5) is 11.6 Å². The standard InChI is InChI=1S/C17H16N4/c1-11-2-4-12(5-3-11)15-10-16(21-17(19)20-15)13-6-8-14(18)9-7-13/h2-10H,18H2,1H3,(H2,19,20,21). The van der Waals surface area contributed by atoms with E-state index in [4.69, 9.17) is 11.5 Å². The van der Waals surface area contributed by atoms with Crippen molar-refractivity contribution in [1.82, 2.24) is 9.97 Å². The van der Waals surface area contributed by atoms with Crippen LogP contribution in [-0.4, -0.2) is 9.97 Å². The molecule has 0 saturated heterocycles. The molecule has 4 heteroatoms. The lowest BCUT2D eigenvalue weighted by Crippen LogP contribution is -1.98. The highest BCUT2D eigenvalue weighted by Gasteiger charge is 2.07. The van der Waals surface area contributed by atoms with Gasteiger partial charge in [0, 0.05) is 16.8 Å². The van der Waals surface area contributed by atoms with Gasteiger partial charge in [0.15, 0.2) is 0 Å². The van der Waals surface area contributed by atoms with Crippen molar-refractivity contribution < 1.29 is 0 Å². The fraction of sp³-hybridized carbons (Fsp3) is 0.0588. The van der Waals surface area contributed by atoms with Crippen LogP contribution in [-0.2, 0) is 0 Å². The molecular weight excluding hydrogens is 260 g/mol. The lowest BCUT2D eigenvalue weighted by Gasteiger charge is -2.07. The first kappa shape index (κ1) is 13.1. The Balaban J connectivity index is 2.07. The van der Waals surface area contributed by atoms with Gasteiger partial charge in [0.05, 0.1) is 11.4 Å². The molecular formula is C17H16N4. The first-order valence-corrected chi connectivity index (χ1v) is 6.69. The summed E-state index contributed by atoms with van der Waals surface area (Å²) in [5.41, 5.74) is 17.1. The molecule has 0 fully saturated rings. The Morgan fingerprint density at radius 1 is 0.714 bits per heavy atom. The van der Waals surface area contributed by atoms with E-state index < -0.39 is 0 Å². The number of nitrogens with two attached hydrogens (primary N) is 2. The summed E-state index contributed by atoms with van der Waals surface area (Å²) < 4.78 is 0. The van der Waals surface area contributed by atoms with Crippen LogP contribution in [0.5, 0.6) is 0 Å². The van der Waals surface area contributed by atoms with Crippen molar-refractivity contribution in [2.75, 3.05) is 11.5 Å². The minimum Gasteiger partial charge on any atom is -0.399 e. The maximum Gasteiger partial charge on any atom is 0.221 e. The van der Waals surface area contributed by atoms with Crippen LogP contribution in [0.3, 0.4) is 0 Å². The number of hydrogen-bond donors (Lipinski definition) is 2. The van der Waals surface area contributed by atoms with Crippen molar-refractivity contribution in [3.8, 4) is 22.5 Å². The molecule has 0 unspecified atom stereocenters. The molecule has 0 saturated carbocycles. The smallest absolute Gasteiger partial charge is 0.221 e. The van der Waals surface area contributed by atoms with Gasteiger partial charge in [0.2, 0.25) is 5.95 Å². The molecule has 3 aromatic rings. The summed E-state index contributed by atoms with van der Waals surface area (Å²) in [6.07, 6.45) is 0. The lowest BCUT2D eigenvalue weighted by atomic mass is 10.1. The Morgan fingerprint density at radius 2 is 1.19 bits per heavy atom. The molecule has 3 rings (SSSR count). The largest absolute Gasteiger partial charge is 0.399 e. The number of aromatic nitrogens is 2. The Bertz CT molecular complexity index is 698. The summed E-state index contributed by atoms with van der Waals surface area (Å²) >= 11 is 0. The van der Waals surface area contributed by atoms with Gasteiger partial charge < -0.3 is 11.5 Å². The highest BCUT2D eigenvalue weighted by molar-refractivity contribution is 5.70. The van der Waals surface area contributed by atoms with E-state index >= 15 is 0 Å². The number of nitrogen functional groups attached to an aromatic ring is 2. The zero-order valence-electron chi connectivity index (χ0n) is 11.7. The van der Waals surface area contributed by atoms with Crippen LogP contribution in [0.25, 0.3) is 22.5 Å². The van der Waals surface area contributed by atoms with Crippen LogP contribution in [0.1, 0.15) is 5.56 Å². The Labute approximate surface area is 123 Å². The SMILES string of the molecule is Cc1ccc(-c2cc(-c3ccc(N)cc3)nc(N)n2)cc1. The molecule has 0 radical (unpaired) electrons. The highest BCUT2D eigenvalue weighted by Crippen LogP contribution is 2.25. The van der Waals surface area contributed by atoms with Crippen LogP contribution in [0.15, 0.2) is 54.6 Å². The molecule has 0 aliphatic heterocycles. The number of anilines is 2. The van der Waals surface area contributed by atoms with Crippen molar-refractivity contribution in [3.05, 3.63) is 60.2 Å². The third kappa shape index (κ3) is 2.84. The molecule has 4 N–H and O–H groups in total. The first-order chi connectivity index (χ1) is 10.1. The van der Waals surface area contributed by atoms with Crippen molar-refractivity contribution in [2.24, 2.45) is 0 Å². The number of aryl methyl sites for hydroxylation is 1. The Hall–Kier alpha value is -2.88. The second kappa shape index (κ2) is 5.25. The van der Waals surface area contributed by atoms with E-state index in [-0.39, 0.29) is 5.95 Å². The third-order valence-corrected chi connectivity index (χ3v) is 3.30. The Kier molecular flexibility index (Phi) is 3.28. The van der Waals surface area contributed by atoms with Gasteiger partial charge in [-0.15, -0.1) is 0 Å². The second-order valence-electron chi connectivity index (χ2n) is 4.98. The predicted molar refractivity (Wildman–Crippen MR) is 86.5 cm³/mol. The minimum absolute atomic E-state index is 0.264. The van der Waals surface area contributed by atoms with Crippen molar-refractivity contribution in [2.45, 2.75) is 6.92 Å². The average molecular weight is 276 g/mol. The van der Waals surface area contributed by atoms with Gasteiger partial charge in [-0.3, -0.25) is 0 Å². The maximum absolute atomic E-state index is 5.85. The van der Waals surface area contributed by atoms with E-state index in [2.05, 4.69) is 29.0 Å². The summed E-state index contributed by atoms with van der Waals surface area (Å²) in [6, 6.07) is 17.7. The van der Waals surface area contributed by atoms with Crippen LogP contribution in [0, 0.1) is 6.92 Å². The summed E-state index contributed by atoms with van der Waals surface area (Å²) in [6.45, 7) is 2.05. The van der Waals surface area contributed by atoms with Crippen molar-refractivity contribution in [1.29, 1.82) is 0 Å². The minimum atomic E-state index is 0.264. The predicted octanol–water partition coefficient (Wildman–Crippen LogP) is 3.28. The second-order valence-corrected chi connectivity index (χ2v) is 4.98. The van der Waals surface area contributed by atoms with Gasteiger partial charge in [-0.2, -0.15) is 0 Å². The highest BCUT2D eigenvalue weighted by atomic mass is 15.0. The molecule has 4 nitrogen and oxygen atoms in total. The molecule has 104 valence electrons. The van der Waals surface area contributed by atoms with Gasteiger partial charge in [0.25, 0.3) is 0 Å². The van der Waals surface area contributed by atoms with Crippen molar-refractivity contribution >= 4 is 11.6 Å². The number of benzene rings is 2. The molecule has 0 amide bonds. The van der Waals surface area contributed by atoms with Crippen LogP contribution in [0.2, 0.25) is 0 Å². The van der Waals surface area contributed by atoms with E-state index in [9.17, 15) is 0 Å². The van der Waals surface area contributed by atoms with E-state index in [0.29, 0.717) is 0 Å². The van der Waals surface area contributed by atoms with E-state index in [1.54, 1.807) is 0 Å². The molecule has 0 bridgehead atoms. The molecule has 2 aromatic carbocycles. The van der Waals surface area contributed by atoms with Gasteiger partial charge in [-0.05, 0) is 25.1 Å². The molecule has 1 heterocycles. The molecule has 1 aromatic heterocycles. The lowest BCUT2D eigenvalue weighted by molar-refractivity contribution is 1.19. The Morgan fingerprint density at radius 3 is 1.71 bits per heavy atom. The van der Waals surface area contributed by atoms with Gasteiger partial charge in [-0.1, -0.05) is 42.0 Å².